The van der Waals surface area contributed by atoms with Gasteiger partial charge >= 0.3 is 0 Å². The summed E-state index contributed by atoms with van der Waals surface area (Å²) < 4.78 is 11.5. The lowest BCUT2D eigenvalue weighted by atomic mass is 9.92. The second-order valence-electron chi connectivity index (χ2n) is 9.62. The third-order valence-electron chi connectivity index (χ3n) is 7.21. The van der Waals surface area contributed by atoms with Gasteiger partial charge in [-0.15, -0.1) is 0 Å². The van der Waals surface area contributed by atoms with E-state index in [1.54, 1.807) is 0 Å². The molecule has 3 aromatic rings. The molecular weight excluding hydrogens is 438 g/mol. The number of rotatable bonds is 7. The highest BCUT2D eigenvalue weighted by molar-refractivity contribution is 5.97. The Kier molecular flexibility index (Phi) is 7.91. The Morgan fingerprint density at radius 2 is 1.89 bits per heavy atom. The Hall–Kier alpha value is -2.96. The van der Waals surface area contributed by atoms with E-state index in [0.717, 1.165) is 77.1 Å². The molecule has 0 saturated carbocycles. The Morgan fingerprint density at radius 1 is 1.00 bits per heavy atom. The van der Waals surface area contributed by atoms with Crippen LogP contribution in [0.5, 0.6) is 5.75 Å². The average molecular weight is 474 g/mol. The van der Waals surface area contributed by atoms with Gasteiger partial charge in [0, 0.05) is 44.3 Å². The number of amides is 1. The molecule has 2 aliphatic rings. The third-order valence-corrected chi connectivity index (χ3v) is 7.21. The van der Waals surface area contributed by atoms with E-state index in [2.05, 4.69) is 34.1 Å². The minimum Gasteiger partial charge on any atom is -0.491 e. The van der Waals surface area contributed by atoms with Crippen molar-refractivity contribution in [1.29, 1.82) is 0 Å². The van der Waals surface area contributed by atoms with Gasteiger partial charge < -0.3 is 14.4 Å². The van der Waals surface area contributed by atoms with Gasteiger partial charge in [-0.1, -0.05) is 24.3 Å². The lowest BCUT2D eigenvalue weighted by Crippen LogP contribution is -2.38. The molecule has 1 aromatic heterocycles. The Balaban J connectivity index is 1.17. The summed E-state index contributed by atoms with van der Waals surface area (Å²) in [6.45, 7) is 6.46. The van der Waals surface area contributed by atoms with Crippen LogP contribution < -0.4 is 4.74 Å². The molecule has 1 atom stereocenters. The first-order chi connectivity index (χ1) is 17.3. The topological polar surface area (TPSA) is 54.9 Å². The van der Waals surface area contributed by atoms with E-state index in [1.165, 1.54) is 10.9 Å². The van der Waals surface area contributed by atoms with Gasteiger partial charge in [0.05, 0.1) is 24.3 Å². The van der Waals surface area contributed by atoms with Crippen molar-refractivity contribution >= 4 is 16.8 Å². The summed E-state index contributed by atoms with van der Waals surface area (Å²) >= 11 is 0. The van der Waals surface area contributed by atoms with Gasteiger partial charge in [-0.2, -0.15) is 0 Å². The van der Waals surface area contributed by atoms with E-state index in [0.29, 0.717) is 23.8 Å². The number of nitrogens with zero attached hydrogens (tertiary/aromatic N) is 3. The van der Waals surface area contributed by atoms with Crippen molar-refractivity contribution in [3.63, 3.8) is 0 Å². The van der Waals surface area contributed by atoms with Crippen LogP contribution in [0.2, 0.25) is 0 Å². The third kappa shape index (κ3) is 6.19. The van der Waals surface area contributed by atoms with E-state index >= 15 is 0 Å². The Labute approximate surface area is 207 Å². The maximum atomic E-state index is 13.5. The Morgan fingerprint density at radius 3 is 2.80 bits per heavy atom. The highest BCUT2D eigenvalue weighted by atomic mass is 16.5. The largest absolute Gasteiger partial charge is 0.491 e. The molecule has 35 heavy (non-hydrogen) atoms. The van der Waals surface area contributed by atoms with E-state index < -0.39 is 0 Å². The van der Waals surface area contributed by atoms with Crippen molar-refractivity contribution in [2.45, 2.75) is 25.7 Å². The molecule has 1 amide bonds. The summed E-state index contributed by atoms with van der Waals surface area (Å²) in [6.07, 6.45) is 6.09. The number of morpholine rings is 1. The average Bonchev–Trinajstić information content (AvgIpc) is 3.15. The molecule has 0 spiro atoms. The predicted molar refractivity (Wildman–Crippen MR) is 138 cm³/mol. The van der Waals surface area contributed by atoms with Gasteiger partial charge in [-0.3, -0.25) is 14.7 Å². The molecule has 2 aromatic carbocycles. The van der Waals surface area contributed by atoms with Gasteiger partial charge in [0.1, 0.15) is 12.4 Å². The Bertz CT molecular complexity index is 1130. The number of hydrogen-bond donors (Lipinski definition) is 0. The lowest BCUT2D eigenvalue weighted by molar-refractivity contribution is 0.0321. The highest BCUT2D eigenvalue weighted by Gasteiger charge is 2.24. The number of hydrogen-bond acceptors (Lipinski definition) is 5. The van der Waals surface area contributed by atoms with E-state index in [1.807, 2.05) is 41.4 Å². The molecule has 2 fully saturated rings. The number of ether oxygens (including phenoxy) is 2. The fourth-order valence-corrected chi connectivity index (χ4v) is 5.21. The first kappa shape index (κ1) is 23.8. The van der Waals surface area contributed by atoms with Crippen LogP contribution >= 0.6 is 0 Å². The van der Waals surface area contributed by atoms with Crippen LogP contribution in [0.25, 0.3) is 10.9 Å². The van der Waals surface area contributed by atoms with Crippen molar-refractivity contribution in [2.24, 2.45) is 5.92 Å². The lowest BCUT2D eigenvalue weighted by Gasteiger charge is -2.26. The summed E-state index contributed by atoms with van der Waals surface area (Å²) in [7, 11) is 0. The molecule has 0 bridgehead atoms. The summed E-state index contributed by atoms with van der Waals surface area (Å²) in [6, 6.07) is 18.4. The first-order valence-corrected chi connectivity index (χ1v) is 12.9. The molecule has 5 rings (SSSR count). The van der Waals surface area contributed by atoms with E-state index in [-0.39, 0.29) is 5.91 Å². The molecule has 0 radical (unpaired) electrons. The number of carbonyl (C=O) groups is 1. The standard InChI is InChI=1S/C29H35N3O3/c33-29(26-7-1-2-8-28(26)35-20-17-31-15-18-34-19-16-31)32-13-4-5-23(11-14-32)21-24-9-10-27-25(22-24)6-3-12-30-27/h1-3,6-10,12,22-23H,4-5,11,13-21H2/t23-/m0/s1. The van der Waals surface area contributed by atoms with Crippen molar-refractivity contribution in [3.05, 3.63) is 71.9 Å². The van der Waals surface area contributed by atoms with Crippen LogP contribution in [0.4, 0.5) is 0 Å². The minimum atomic E-state index is 0.0874. The molecule has 3 heterocycles. The molecule has 184 valence electrons. The van der Waals surface area contributed by atoms with Crippen LogP contribution in [0.3, 0.4) is 0 Å². The van der Waals surface area contributed by atoms with Gasteiger partial charge in [-0.05, 0) is 67.5 Å². The maximum absolute atomic E-state index is 13.5. The molecule has 0 unspecified atom stereocenters. The van der Waals surface area contributed by atoms with Gasteiger partial charge in [0.15, 0.2) is 0 Å². The maximum Gasteiger partial charge on any atom is 0.257 e. The molecular formula is C29H35N3O3. The van der Waals surface area contributed by atoms with Crippen molar-refractivity contribution in [2.75, 3.05) is 52.5 Å². The van der Waals surface area contributed by atoms with Gasteiger partial charge in [0.2, 0.25) is 0 Å². The number of pyridine rings is 1. The fourth-order valence-electron chi connectivity index (χ4n) is 5.21. The van der Waals surface area contributed by atoms with E-state index in [9.17, 15) is 4.79 Å². The number of aromatic nitrogens is 1. The molecule has 0 N–H and O–H groups in total. The number of carbonyl (C=O) groups excluding carboxylic acids is 1. The van der Waals surface area contributed by atoms with E-state index in [4.69, 9.17) is 9.47 Å². The van der Waals surface area contributed by atoms with Crippen LogP contribution in [0.1, 0.15) is 35.2 Å². The molecule has 6 nitrogen and oxygen atoms in total. The summed E-state index contributed by atoms with van der Waals surface area (Å²) in [5.41, 5.74) is 3.07. The van der Waals surface area contributed by atoms with Gasteiger partial charge in [0.25, 0.3) is 5.91 Å². The minimum absolute atomic E-state index is 0.0874. The predicted octanol–water partition coefficient (Wildman–Crippen LogP) is 4.43. The smallest absolute Gasteiger partial charge is 0.257 e. The van der Waals surface area contributed by atoms with Crippen LogP contribution in [-0.4, -0.2) is 73.2 Å². The summed E-state index contributed by atoms with van der Waals surface area (Å²) in [4.78, 5) is 22.3. The normalized spacial score (nSPS) is 19.4. The summed E-state index contributed by atoms with van der Waals surface area (Å²) in [5, 5.41) is 1.20. The molecule has 2 saturated heterocycles. The number of fused-ring (bicyclic) bond motifs is 1. The zero-order valence-corrected chi connectivity index (χ0v) is 20.4. The van der Waals surface area contributed by atoms with Crippen LogP contribution in [-0.2, 0) is 11.2 Å². The quantitative estimate of drug-likeness (QED) is 0.508. The van der Waals surface area contributed by atoms with Crippen molar-refractivity contribution in [3.8, 4) is 5.75 Å². The zero-order valence-electron chi connectivity index (χ0n) is 20.4. The van der Waals surface area contributed by atoms with Crippen LogP contribution in [0.15, 0.2) is 60.8 Å². The molecule has 6 heteroatoms. The first-order valence-electron chi connectivity index (χ1n) is 12.9. The zero-order chi connectivity index (χ0) is 23.9. The monoisotopic (exact) mass is 473 g/mol. The van der Waals surface area contributed by atoms with Crippen molar-refractivity contribution < 1.29 is 14.3 Å². The van der Waals surface area contributed by atoms with Crippen LogP contribution in [0, 0.1) is 5.92 Å². The fraction of sp³-hybridized carbons (Fsp3) is 0.448. The molecule has 2 aliphatic heterocycles. The second-order valence-corrected chi connectivity index (χ2v) is 9.62. The second kappa shape index (κ2) is 11.6. The van der Waals surface area contributed by atoms with Gasteiger partial charge in [-0.25, -0.2) is 0 Å². The highest BCUT2D eigenvalue weighted by Crippen LogP contribution is 2.26. The number of para-hydroxylation sites is 1. The SMILES string of the molecule is O=C(c1ccccc1OCCN1CCOCC1)N1CCC[C@H](Cc2ccc3ncccc3c2)CC1. The number of benzene rings is 2. The van der Waals surface area contributed by atoms with Crippen molar-refractivity contribution in [1.82, 2.24) is 14.8 Å². The molecule has 0 aliphatic carbocycles. The summed E-state index contributed by atoms with van der Waals surface area (Å²) in [5.74, 6) is 1.36. The number of likely N-dealkylation sites (tertiary alicyclic amines) is 1.